The number of hydrogen-bond acceptors (Lipinski definition) is 5. The van der Waals surface area contributed by atoms with Crippen LogP contribution in [0.2, 0.25) is 5.02 Å². The van der Waals surface area contributed by atoms with Crippen LogP contribution in [0, 0.1) is 5.92 Å². The molecule has 1 atom stereocenters. The number of amides is 2. The summed E-state index contributed by atoms with van der Waals surface area (Å²) in [5, 5.41) is 11.1. The smallest absolute Gasteiger partial charge is 0.231 e. The highest BCUT2D eigenvalue weighted by Gasteiger charge is 2.35. The number of carbonyl (C=O) groups excluding carboxylic acids is 2. The number of rotatable bonds is 3. The first kappa shape index (κ1) is 14.0. The summed E-state index contributed by atoms with van der Waals surface area (Å²) in [4.78, 5) is 25.8. The summed E-state index contributed by atoms with van der Waals surface area (Å²) in [6, 6.07) is 7.03. The maximum atomic E-state index is 12.1. The highest BCUT2D eigenvalue weighted by Crippen LogP contribution is 2.27. The van der Waals surface area contributed by atoms with Gasteiger partial charge in [0.05, 0.1) is 5.92 Å². The molecule has 1 aromatic carbocycles. The molecule has 1 aromatic heterocycles. The second kappa shape index (κ2) is 5.79. The molecule has 0 saturated carbocycles. The molecular weight excluding hydrogens is 312 g/mol. The average Bonchev–Trinajstić information content (AvgIpc) is 3.08. The normalized spacial score (nSPS) is 18.0. The summed E-state index contributed by atoms with van der Waals surface area (Å²) >= 11 is 7.17. The maximum absolute atomic E-state index is 12.1. The van der Waals surface area contributed by atoms with Gasteiger partial charge in [-0.15, -0.1) is 10.2 Å². The monoisotopic (exact) mass is 322 g/mol. The first-order valence-electron chi connectivity index (χ1n) is 6.26. The van der Waals surface area contributed by atoms with Gasteiger partial charge in [0.1, 0.15) is 5.51 Å². The molecule has 0 radical (unpaired) electrons. The molecule has 1 fully saturated rings. The largest absolute Gasteiger partial charge is 0.312 e. The van der Waals surface area contributed by atoms with Crippen LogP contribution in [0.3, 0.4) is 0 Å². The van der Waals surface area contributed by atoms with Gasteiger partial charge in [-0.1, -0.05) is 29.0 Å². The number of hydrogen-bond donors (Lipinski definition) is 1. The Morgan fingerprint density at radius 2 is 2.33 bits per heavy atom. The lowest BCUT2D eigenvalue weighted by molar-refractivity contribution is -0.122. The summed E-state index contributed by atoms with van der Waals surface area (Å²) in [6.07, 6.45) is 0.178. The molecule has 1 aliphatic heterocycles. The van der Waals surface area contributed by atoms with Gasteiger partial charge in [-0.25, -0.2) is 0 Å². The van der Waals surface area contributed by atoms with Crippen LogP contribution in [0.5, 0.6) is 0 Å². The van der Waals surface area contributed by atoms with E-state index in [-0.39, 0.29) is 18.2 Å². The summed E-state index contributed by atoms with van der Waals surface area (Å²) in [7, 11) is 0. The molecule has 2 aromatic rings. The zero-order valence-electron chi connectivity index (χ0n) is 10.8. The van der Waals surface area contributed by atoms with Gasteiger partial charge >= 0.3 is 0 Å². The fraction of sp³-hybridized carbons (Fsp3) is 0.231. The highest BCUT2D eigenvalue weighted by molar-refractivity contribution is 7.13. The number of carbonyl (C=O) groups is 2. The van der Waals surface area contributed by atoms with Crippen molar-refractivity contribution in [1.29, 1.82) is 0 Å². The second-order valence-corrected chi connectivity index (χ2v) is 5.89. The molecule has 6 nitrogen and oxygen atoms in total. The summed E-state index contributed by atoms with van der Waals surface area (Å²) in [5.41, 5.74) is 2.24. The second-order valence-electron chi connectivity index (χ2n) is 4.62. The van der Waals surface area contributed by atoms with Gasteiger partial charge in [0.2, 0.25) is 16.9 Å². The minimum absolute atomic E-state index is 0.0883. The minimum atomic E-state index is -0.402. The van der Waals surface area contributed by atoms with E-state index in [1.165, 1.54) is 16.8 Å². The standard InChI is InChI=1S/C13H11ClN4O2S/c14-9-2-1-3-10(5-9)18-6-8(4-11(18)19)12(20)16-13-17-15-7-21-13/h1-3,5,7-8H,4,6H2,(H,16,17,20)/t8-/m1/s1. The van der Waals surface area contributed by atoms with Crippen LogP contribution in [-0.4, -0.2) is 28.6 Å². The SMILES string of the molecule is O=C(Nc1nncs1)[C@@H]1CC(=O)N(c2cccc(Cl)c2)C1. The Morgan fingerprint density at radius 1 is 1.48 bits per heavy atom. The fourth-order valence-electron chi connectivity index (χ4n) is 2.21. The van der Waals surface area contributed by atoms with Crippen molar-refractivity contribution in [2.45, 2.75) is 6.42 Å². The highest BCUT2D eigenvalue weighted by atomic mass is 35.5. The van der Waals surface area contributed by atoms with Crippen molar-refractivity contribution < 1.29 is 9.59 Å². The van der Waals surface area contributed by atoms with Crippen LogP contribution < -0.4 is 10.2 Å². The quantitative estimate of drug-likeness (QED) is 0.939. The molecular formula is C13H11ClN4O2S. The molecule has 0 unspecified atom stereocenters. The third-order valence-corrected chi connectivity index (χ3v) is 4.05. The van der Waals surface area contributed by atoms with E-state index in [0.717, 1.165) is 0 Å². The minimum Gasteiger partial charge on any atom is -0.312 e. The van der Waals surface area contributed by atoms with E-state index in [4.69, 9.17) is 11.6 Å². The third kappa shape index (κ3) is 3.03. The fourth-order valence-corrected chi connectivity index (χ4v) is 2.84. The summed E-state index contributed by atoms with van der Waals surface area (Å²) in [5.74, 6) is -0.709. The van der Waals surface area contributed by atoms with E-state index >= 15 is 0 Å². The van der Waals surface area contributed by atoms with Crippen LogP contribution in [0.25, 0.3) is 0 Å². The lowest BCUT2D eigenvalue weighted by Crippen LogP contribution is -2.28. The van der Waals surface area contributed by atoms with Crippen molar-refractivity contribution >= 4 is 45.6 Å². The number of benzene rings is 1. The van der Waals surface area contributed by atoms with Crippen molar-refractivity contribution in [3.8, 4) is 0 Å². The van der Waals surface area contributed by atoms with Crippen LogP contribution in [0.1, 0.15) is 6.42 Å². The molecule has 2 amide bonds. The molecule has 0 bridgehead atoms. The predicted molar refractivity (Wildman–Crippen MR) is 80.5 cm³/mol. The number of halogens is 1. The molecule has 8 heteroatoms. The number of anilines is 2. The Bertz CT molecular complexity index is 677. The molecule has 108 valence electrons. The molecule has 1 aliphatic rings. The van der Waals surface area contributed by atoms with Gasteiger partial charge in [-0.05, 0) is 18.2 Å². The van der Waals surface area contributed by atoms with Crippen molar-refractivity contribution in [2.75, 3.05) is 16.8 Å². The molecule has 1 saturated heterocycles. The lowest BCUT2D eigenvalue weighted by Gasteiger charge is -2.16. The van der Waals surface area contributed by atoms with E-state index in [1.54, 1.807) is 29.2 Å². The Kier molecular flexibility index (Phi) is 3.85. The van der Waals surface area contributed by atoms with Gasteiger partial charge < -0.3 is 10.2 Å². The molecule has 3 rings (SSSR count). The van der Waals surface area contributed by atoms with Crippen molar-refractivity contribution in [2.24, 2.45) is 5.92 Å². The van der Waals surface area contributed by atoms with Crippen molar-refractivity contribution in [3.63, 3.8) is 0 Å². The molecule has 0 spiro atoms. The van der Waals surface area contributed by atoms with Gasteiger partial charge in [-0.3, -0.25) is 9.59 Å². The van der Waals surface area contributed by atoms with E-state index in [9.17, 15) is 9.59 Å². The van der Waals surface area contributed by atoms with Crippen LogP contribution in [0.4, 0.5) is 10.8 Å². The molecule has 21 heavy (non-hydrogen) atoms. The Labute approximate surface area is 129 Å². The number of aromatic nitrogens is 2. The first-order valence-corrected chi connectivity index (χ1v) is 7.52. The van der Waals surface area contributed by atoms with Crippen molar-refractivity contribution in [1.82, 2.24) is 10.2 Å². The topological polar surface area (TPSA) is 75.2 Å². The lowest BCUT2D eigenvalue weighted by atomic mass is 10.1. The molecule has 0 aliphatic carbocycles. The van der Waals surface area contributed by atoms with Crippen LogP contribution in [-0.2, 0) is 9.59 Å². The third-order valence-electron chi connectivity index (χ3n) is 3.21. The number of nitrogens with one attached hydrogen (secondary N) is 1. The Morgan fingerprint density at radius 3 is 3.05 bits per heavy atom. The summed E-state index contributed by atoms with van der Waals surface area (Å²) in [6.45, 7) is 0.337. The zero-order valence-corrected chi connectivity index (χ0v) is 12.4. The van der Waals surface area contributed by atoms with E-state index in [0.29, 0.717) is 22.4 Å². The molecule has 1 N–H and O–H groups in total. The summed E-state index contributed by atoms with van der Waals surface area (Å²) < 4.78 is 0. The van der Waals surface area contributed by atoms with E-state index in [2.05, 4.69) is 15.5 Å². The van der Waals surface area contributed by atoms with Crippen LogP contribution >= 0.6 is 22.9 Å². The van der Waals surface area contributed by atoms with E-state index < -0.39 is 5.92 Å². The van der Waals surface area contributed by atoms with Gasteiger partial charge in [-0.2, -0.15) is 0 Å². The molecule has 2 heterocycles. The average molecular weight is 323 g/mol. The number of nitrogens with zero attached hydrogens (tertiary/aromatic N) is 3. The zero-order chi connectivity index (χ0) is 14.8. The van der Waals surface area contributed by atoms with Crippen LogP contribution in [0.15, 0.2) is 29.8 Å². The van der Waals surface area contributed by atoms with Gasteiger partial charge in [0.25, 0.3) is 0 Å². The van der Waals surface area contributed by atoms with Crippen molar-refractivity contribution in [3.05, 3.63) is 34.8 Å². The maximum Gasteiger partial charge on any atom is 0.231 e. The first-order chi connectivity index (χ1) is 10.1. The Hall–Kier alpha value is -1.99. The van der Waals surface area contributed by atoms with E-state index in [1.807, 2.05) is 0 Å². The van der Waals surface area contributed by atoms with Gasteiger partial charge in [0, 0.05) is 23.7 Å². The predicted octanol–water partition coefficient (Wildman–Crippen LogP) is 2.18. The van der Waals surface area contributed by atoms with Gasteiger partial charge in [0.15, 0.2) is 0 Å². The Balaban J connectivity index is 1.71.